The third-order valence-electron chi connectivity index (χ3n) is 5.92. The van der Waals surface area contributed by atoms with Crippen LogP contribution in [0.5, 0.6) is 0 Å². The van der Waals surface area contributed by atoms with E-state index < -0.39 is 0 Å². The van der Waals surface area contributed by atoms with Gasteiger partial charge in [0.2, 0.25) is 5.82 Å². The Bertz CT molecular complexity index is 1450. The van der Waals surface area contributed by atoms with Gasteiger partial charge in [-0.1, -0.05) is 11.6 Å². The molecule has 0 aliphatic carbocycles. The van der Waals surface area contributed by atoms with Gasteiger partial charge in [0, 0.05) is 19.2 Å². The van der Waals surface area contributed by atoms with Crippen LogP contribution in [0, 0.1) is 0 Å². The minimum atomic E-state index is -0.389. The monoisotopic (exact) mass is 525 g/mol. The molecule has 2 N–H and O–H groups in total. The smallest absolute Gasteiger partial charge is 0.409 e. The van der Waals surface area contributed by atoms with Gasteiger partial charge in [-0.15, -0.1) is 10.2 Å². The molecule has 1 fully saturated rings. The minimum absolute atomic E-state index is 0.0851. The Labute approximate surface area is 216 Å². The average Bonchev–Trinajstić information content (AvgIpc) is 3.52. The van der Waals surface area contributed by atoms with E-state index in [0.29, 0.717) is 59.4 Å². The summed E-state index contributed by atoms with van der Waals surface area (Å²) in [6, 6.07) is 8.69. The number of nitrogens with zero attached hydrogens (tertiary/aromatic N) is 7. The Hall–Kier alpha value is -4.23. The molecule has 13 nitrogen and oxygen atoms in total. The Kier molecular flexibility index (Phi) is 6.88. The number of amides is 2. The fourth-order valence-corrected chi connectivity index (χ4v) is 4.05. The first kappa shape index (κ1) is 24.5. The van der Waals surface area contributed by atoms with Crippen molar-refractivity contribution in [3.05, 3.63) is 53.3 Å². The number of halogens is 1. The second-order valence-electron chi connectivity index (χ2n) is 8.34. The number of methoxy groups -OCH3 is 2. The normalized spacial score (nSPS) is 13.4. The van der Waals surface area contributed by atoms with E-state index in [1.807, 2.05) is 12.1 Å². The summed E-state index contributed by atoms with van der Waals surface area (Å²) >= 11 is 6.37. The summed E-state index contributed by atoms with van der Waals surface area (Å²) in [7, 11) is 2.98. The molecular formula is C23H24ClN9O4. The Balaban J connectivity index is 1.29. The highest BCUT2D eigenvalue weighted by atomic mass is 35.5. The van der Waals surface area contributed by atoms with E-state index in [1.54, 1.807) is 40.9 Å². The van der Waals surface area contributed by atoms with Crippen molar-refractivity contribution in [2.45, 2.75) is 6.04 Å². The van der Waals surface area contributed by atoms with Gasteiger partial charge in [-0.3, -0.25) is 4.79 Å². The Morgan fingerprint density at radius 1 is 1.19 bits per heavy atom. The lowest BCUT2D eigenvalue weighted by Gasteiger charge is -2.36. The number of carbonyl (C=O) groups is 2. The van der Waals surface area contributed by atoms with E-state index in [2.05, 4.69) is 31.1 Å². The molecule has 1 aliphatic heterocycles. The van der Waals surface area contributed by atoms with Crippen LogP contribution in [0.2, 0.25) is 5.02 Å². The van der Waals surface area contributed by atoms with Gasteiger partial charge in [0.05, 0.1) is 66.7 Å². The van der Waals surface area contributed by atoms with Crippen molar-refractivity contribution in [2.24, 2.45) is 0 Å². The number of hydrogen-bond acceptors (Lipinski definition) is 9. The molecule has 192 valence electrons. The summed E-state index contributed by atoms with van der Waals surface area (Å²) in [6.45, 7) is 2.11. The van der Waals surface area contributed by atoms with E-state index in [0.717, 1.165) is 5.69 Å². The van der Waals surface area contributed by atoms with Crippen LogP contribution in [0.3, 0.4) is 0 Å². The maximum atomic E-state index is 13.1. The maximum absolute atomic E-state index is 13.1. The number of likely N-dealkylation sites (tertiary alicyclic amines) is 1. The predicted octanol–water partition coefficient (Wildman–Crippen LogP) is 2.57. The van der Waals surface area contributed by atoms with Gasteiger partial charge in [-0.05, 0) is 35.5 Å². The van der Waals surface area contributed by atoms with Crippen LogP contribution in [0.25, 0.3) is 16.9 Å². The number of hydrogen-bond donors (Lipinski definition) is 2. The quantitative estimate of drug-likeness (QED) is 0.332. The summed E-state index contributed by atoms with van der Waals surface area (Å²) in [5.74, 6) is 0.0105. The molecule has 0 spiro atoms. The van der Waals surface area contributed by atoms with Gasteiger partial charge in [0.15, 0.2) is 0 Å². The van der Waals surface area contributed by atoms with Crippen molar-refractivity contribution < 1.29 is 19.1 Å². The minimum Gasteiger partial charge on any atom is -0.453 e. The molecule has 3 aromatic heterocycles. The van der Waals surface area contributed by atoms with Crippen LogP contribution in [0.15, 0.2) is 42.7 Å². The van der Waals surface area contributed by atoms with E-state index in [4.69, 9.17) is 21.1 Å². The molecule has 4 aromatic rings. The number of benzene rings is 1. The fraction of sp³-hybridized carbons (Fsp3) is 0.304. The van der Waals surface area contributed by atoms with Crippen molar-refractivity contribution in [3.63, 3.8) is 0 Å². The third kappa shape index (κ3) is 5.04. The van der Waals surface area contributed by atoms with E-state index in [9.17, 15) is 9.59 Å². The molecule has 1 aliphatic rings. The van der Waals surface area contributed by atoms with Crippen LogP contribution in [0.4, 0.5) is 16.2 Å². The molecule has 5 rings (SSSR count). The molecule has 0 radical (unpaired) electrons. The molecule has 1 saturated heterocycles. The van der Waals surface area contributed by atoms with Crippen molar-refractivity contribution in [1.82, 2.24) is 34.7 Å². The topological polar surface area (TPSA) is 141 Å². The third-order valence-corrected chi connectivity index (χ3v) is 6.25. The molecule has 37 heavy (non-hydrogen) atoms. The average molecular weight is 526 g/mol. The van der Waals surface area contributed by atoms with Gasteiger partial charge < -0.3 is 25.0 Å². The summed E-state index contributed by atoms with van der Waals surface area (Å²) in [5, 5.41) is 23.4. The number of rotatable bonds is 8. The second kappa shape index (κ2) is 10.4. The first-order chi connectivity index (χ1) is 18.0. The van der Waals surface area contributed by atoms with Crippen LogP contribution in [-0.4, -0.2) is 87.2 Å². The molecule has 0 saturated carbocycles. The number of fused-ring (bicyclic) bond motifs is 1. The van der Waals surface area contributed by atoms with Crippen LogP contribution >= 0.6 is 11.6 Å². The molecule has 2 amide bonds. The van der Waals surface area contributed by atoms with Gasteiger partial charge in [0.1, 0.15) is 6.04 Å². The lowest BCUT2D eigenvalue weighted by Crippen LogP contribution is -2.51. The summed E-state index contributed by atoms with van der Waals surface area (Å²) in [4.78, 5) is 27.7. The molecule has 0 bridgehead atoms. The summed E-state index contributed by atoms with van der Waals surface area (Å²) in [5.41, 5.74) is 2.93. The molecule has 14 heteroatoms. The first-order valence-electron chi connectivity index (χ1n) is 11.4. The SMILES string of the molecule is COCCNc1ccc2c(C(=O)Nc3cc(-c4nnn(C5CN(C(=O)OC)C5)n4)ccc3Cl)cnn2c1. The summed E-state index contributed by atoms with van der Waals surface area (Å²) in [6.07, 6.45) is 2.92. The lowest BCUT2D eigenvalue weighted by molar-refractivity contribution is 0.0621. The highest BCUT2D eigenvalue weighted by molar-refractivity contribution is 6.34. The predicted molar refractivity (Wildman–Crippen MR) is 135 cm³/mol. The molecule has 4 heterocycles. The second-order valence-corrected chi connectivity index (χ2v) is 8.74. The Morgan fingerprint density at radius 2 is 2.03 bits per heavy atom. The highest BCUT2D eigenvalue weighted by Crippen LogP contribution is 2.29. The standard InChI is InChI=1S/C23H24ClN9O4/c1-36-8-7-25-15-4-6-20-17(10-26-32(20)11-15)22(34)27-19-9-14(3-5-18(19)24)21-28-30-33(29-21)16-12-31(13-16)23(35)37-2/h3-6,9-11,16,25H,7-8,12-13H2,1-2H3,(H,27,34). The van der Waals surface area contributed by atoms with E-state index in [1.165, 1.54) is 18.1 Å². The summed E-state index contributed by atoms with van der Waals surface area (Å²) < 4.78 is 11.4. The number of ether oxygens (including phenoxy) is 2. The van der Waals surface area contributed by atoms with Crippen molar-refractivity contribution in [3.8, 4) is 11.4 Å². The Morgan fingerprint density at radius 3 is 2.81 bits per heavy atom. The zero-order valence-corrected chi connectivity index (χ0v) is 20.8. The van der Waals surface area contributed by atoms with Crippen LogP contribution in [0.1, 0.15) is 16.4 Å². The van der Waals surface area contributed by atoms with Gasteiger partial charge in [0.25, 0.3) is 5.91 Å². The largest absolute Gasteiger partial charge is 0.453 e. The number of anilines is 2. The lowest BCUT2D eigenvalue weighted by atomic mass is 10.1. The molecule has 1 aromatic carbocycles. The number of tetrazole rings is 1. The van der Waals surface area contributed by atoms with E-state index >= 15 is 0 Å². The zero-order valence-electron chi connectivity index (χ0n) is 20.1. The van der Waals surface area contributed by atoms with Crippen LogP contribution in [-0.2, 0) is 9.47 Å². The van der Waals surface area contributed by atoms with Crippen molar-refractivity contribution in [1.29, 1.82) is 0 Å². The zero-order chi connectivity index (χ0) is 25.9. The molecule has 0 unspecified atom stereocenters. The van der Waals surface area contributed by atoms with Crippen molar-refractivity contribution >= 4 is 40.5 Å². The van der Waals surface area contributed by atoms with Crippen molar-refractivity contribution in [2.75, 3.05) is 51.1 Å². The number of pyridine rings is 1. The maximum Gasteiger partial charge on any atom is 0.409 e. The van der Waals surface area contributed by atoms with Gasteiger partial charge in [-0.2, -0.15) is 9.90 Å². The molecular weight excluding hydrogens is 502 g/mol. The van der Waals surface area contributed by atoms with Gasteiger partial charge >= 0.3 is 6.09 Å². The highest BCUT2D eigenvalue weighted by Gasteiger charge is 2.34. The van der Waals surface area contributed by atoms with Crippen LogP contribution < -0.4 is 10.6 Å². The van der Waals surface area contributed by atoms with Gasteiger partial charge in [-0.25, -0.2) is 9.31 Å². The van der Waals surface area contributed by atoms with E-state index in [-0.39, 0.29) is 18.0 Å². The number of aromatic nitrogens is 6. The number of carbonyl (C=O) groups excluding carboxylic acids is 2. The first-order valence-corrected chi connectivity index (χ1v) is 11.8. The molecule has 0 atom stereocenters. The number of nitrogens with one attached hydrogen (secondary N) is 2. The fourth-order valence-electron chi connectivity index (χ4n) is 3.89.